The smallest absolute Gasteiger partial charge is 0.263 e. The number of aromatic amines is 1. The number of para-hydroxylation sites is 1. The summed E-state index contributed by atoms with van der Waals surface area (Å²) in [6.45, 7) is 0. The molecule has 0 atom stereocenters. The SMILES string of the molecule is CN(C(=O)c1ccc(-c2ccco2)[nH]c1=O)c1ccccc1F. The molecule has 0 saturated heterocycles. The largest absolute Gasteiger partial charge is 0.463 e. The maximum absolute atomic E-state index is 13.8. The third-order valence-corrected chi connectivity index (χ3v) is 3.44. The van der Waals surface area contributed by atoms with Gasteiger partial charge in [0.1, 0.15) is 17.1 Å². The van der Waals surface area contributed by atoms with Crippen LogP contribution in [0.2, 0.25) is 0 Å². The van der Waals surface area contributed by atoms with Crippen molar-refractivity contribution in [3.8, 4) is 11.5 Å². The molecule has 5 nitrogen and oxygen atoms in total. The number of benzene rings is 1. The van der Waals surface area contributed by atoms with Gasteiger partial charge in [-0.25, -0.2) is 4.39 Å². The van der Waals surface area contributed by atoms with Crippen molar-refractivity contribution in [3.05, 3.63) is 76.5 Å². The predicted molar refractivity (Wildman–Crippen MR) is 83.9 cm³/mol. The van der Waals surface area contributed by atoms with E-state index in [9.17, 15) is 14.0 Å². The summed E-state index contributed by atoms with van der Waals surface area (Å²) >= 11 is 0. The number of halogens is 1. The highest BCUT2D eigenvalue weighted by atomic mass is 19.1. The van der Waals surface area contributed by atoms with Crippen LogP contribution in [0.15, 0.2) is 64.0 Å². The minimum Gasteiger partial charge on any atom is -0.463 e. The Morgan fingerprint density at radius 2 is 1.91 bits per heavy atom. The highest BCUT2D eigenvalue weighted by Crippen LogP contribution is 2.20. The lowest BCUT2D eigenvalue weighted by molar-refractivity contribution is 0.0990. The van der Waals surface area contributed by atoms with Gasteiger partial charge in [-0.15, -0.1) is 0 Å². The predicted octanol–water partition coefficient (Wildman–Crippen LogP) is 3.05. The number of amides is 1. The van der Waals surface area contributed by atoms with Gasteiger partial charge in [0.25, 0.3) is 11.5 Å². The van der Waals surface area contributed by atoms with E-state index < -0.39 is 17.3 Å². The zero-order valence-corrected chi connectivity index (χ0v) is 12.2. The lowest BCUT2D eigenvalue weighted by Gasteiger charge is -2.17. The summed E-state index contributed by atoms with van der Waals surface area (Å²) in [5, 5.41) is 0. The van der Waals surface area contributed by atoms with Gasteiger partial charge in [-0.1, -0.05) is 12.1 Å². The van der Waals surface area contributed by atoms with E-state index >= 15 is 0 Å². The van der Waals surface area contributed by atoms with Crippen LogP contribution in [0.25, 0.3) is 11.5 Å². The number of hydrogen-bond acceptors (Lipinski definition) is 3. The van der Waals surface area contributed by atoms with E-state index in [0.29, 0.717) is 11.5 Å². The van der Waals surface area contributed by atoms with E-state index in [1.54, 1.807) is 24.3 Å². The molecule has 0 aliphatic carbocycles. The summed E-state index contributed by atoms with van der Waals surface area (Å²) in [7, 11) is 1.42. The van der Waals surface area contributed by atoms with Crippen LogP contribution in [0.3, 0.4) is 0 Å². The van der Waals surface area contributed by atoms with Crippen molar-refractivity contribution >= 4 is 11.6 Å². The maximum Gasteiger partial charge on any atom is 0.263 e. The zero-order chi connectivity index (χ0) is 16.4. The van der Waals surface area contributed by atoms with Gasteiger partial charge >= 0.3 is 0 Å². The summed E-state index contributed by atoms with van der Waals surface area (Å²) in [5.74, 6) is -0.641. The number of anilines is 1. The second-order valence-electron chi connectivity index (χ2n) is 4.91. The van der Waals surface area contributed by atoms with Crippen LogP contribution in [-0.4, -0.2) is 17.9 Å². The molecule has 2 aromatic heterocycles. The Balaban J connectivity index is 1.94. The average molecular weight is 312 g/mol. The van der Waals surface area contributed by atoms with Crippen LogP contribution in [0.1, 0.15) is 10.4 Å². The standard InChI is InChI=1S/C17H13FN2O3/c1-20(14-6-3-2-5-12(14)18)17(22)11-8-9-13(19-16(11)21)15-7-4-10-23-15/h2-10H,1H3,(H,19,21). The molecule has 6 heteroatoms. The first-order valence-corrected chi connectivity index (χ1v) is 6.87. The summed E-state index contributed by atoms with van der Waals surface area (Å²) < 4.78 is 19.0. The molecule has 0 bridgehead atoms. The van der Waals surface area contributed by atoms with E-state index in [1.165, 1.54) is 37.6 Å². The number of nitrogens with zero attached hydrogens (tertiary/aromatic N) is 1. The molecule has 23 heavy (non-hydrogen) atoms. The van der Waals surface area contributed by atoms with E-state index in [2.05, 4.69) is 4.98 Å². The van der Waals surface area contributed by atoms with Gasteiger partial charge in [-0.05, 0) is 36.4 Å². The number of pyridine rings is 1. The van der Waals surface area contributed by atoms with Crippen LogP contribution < -0.4 is 10.5 Å². The molecule has 0 spiro atoms. The lowest BCUT2D eigenvalue weighted by atomic mass is 10.2. The summed E-state index contributed by atoms with van der Waals surface area (Å²) in [5.41, 5.74) is -0.0738. The van der Waals surface area contributed by atoms with E-state index in [0.717, 1.165) is 4.90 Å². The number of hydrogen-bond donors (Lipinski definition) is 1. The summed E-state index contributed by atoms with van der Waals surface area (Å²) in [6, 6.07) is 12.2. The van der Waals surface area contributed by atoms with Gasteiger partial charge in [0.05, 0.1) is 17.6 Å². The Bertz CT molecular complexity index is 900. The van der Waals surface area contributed by atoms with Crippen molar-refractivity contribution in [2.45, 2.75) is 0 Å². The second-order valence-corrected chi connectivity index (χ2v) is 4.91. The van der Waals surface area contributed by atoms with E-state index in [4.69, 9.17) is 4.42 Å². The fourth-order valence-corrected chi connectivity index (χ4v) is 2.23. The highest BCUT2D eigenvalue weighted by Gasteiger charge is 2.19. The van der Waals surface area contributed by atoms with Crippen molar-refractivity contribution in [2.75, 3.05) is 11.9 Å². The van der Waals surface area contributed by atoms with Crippen LogP contribution in [0.5, 0.6) is 0 Å². The first kappa shape index (κ1) is 14.8. The van der Waals surface area contributed by atoms with Gasteiger partial charge in [0.2, 0.25) is 0 Å². The van der Waals surface area contributed by atoms with Crippen LogP contribution >= 0.6 is 0 Å². The monoisotopic (exact) mass is 312 g/mol. The van der Waals surface area contributed by atoms with Crippen LogP contribution in [0.4, 0.5) is 10.1 Å². The summed E-state index contributed by atoms with van der Waals surface area (Å²) in [6.07, 6.45) is 1.48. The molecule has 1 aromatic carbocycles. The molecule has 0 unspecified atom stereocenters. The molecule has 116 valence electrons. The minimum absolute atomic E-state index is 0.0777. The van der Waals surface area contributed by atoms with Gasteiger partial charge in [0.15, 0.2) is 0 Å². The first-order chi connectivity index (χ1) is 11.1. The number of rotatable bonds is 3. The van der Waals surface area contributed by atoms with Crippen molar-refractivity contribution in [2.24, 2.45) is 0 Å². The van der Waals surface area contributed by atoms with Gasteiger partial charge in [-0.2, -0.15) is 0 Å². The second kappa shape index (κ2) is 5.92. The zero-order valence-electron chi connectivity index (χ0n) is 12.2. The normalized spacial score (nSPS) is 10.5. The van der Waals surface area contributed by atoms with Crippen molar-refractivity contribution in [1.29, 1.82) is 0 Å². The molecule has 2 heterocycles. The topological polar surface area (TPSA) is 66.3 Å². The summed E-state index contributed by atoms with van der Waals surface area (Å²) in [4.78, 5) is 28.3. The van der Waals surface area contributed by atoms with Crippen LogP contribution in [-0.2, 0) is 0 Å². The Hall–Kier alpha value is -3.15. The number of furan rings is 1. The maximum atomic E-state index is 13.8. The molecule has 0 radical (unpaired) electrons. The van der Waals surface area contributed by atoms with Gasteiger partial charge < -0.3 is 14.3 Å². The van der Waals surface area contributed by atoms with Gasteiger partial charge in [0, 0.05) is 7.05 Å². The van der Waals surface area contributed by atoms with Crippen molar-refractivity contribution in [3.63, 3.8) is 0 Å². The molecule has 0 fully saturated rings. The molecular weight excluding hydrogens is 299 g/mol. The number of aromatic nitrogens is 1. The molecular formula is C17H13FN2O3. The lowest BCUT2D eigenvalue weighted by Crippen LogP contribution is -2.32. The third kappa shape index (κ3) is 2.78. The number of H-pyrrole nitrogens is 1. The van der Waals surface area contributed by atoms with Gasteiger partial charge in [-0.3, -0.25) is 9.59 Å². The molecule has 1 N–H and O–H groups in total. The Labute approximate surface area is 131 Å². The average Bonchev–Trinajstić information content (AvgIpc) is 3.08. The fraction of sp³-hybridized carbons (Fsp3) is 0.0588. The molecule has 3 aromatic rings. The molecule has 3 rings (SSSR count). The third-order valence-electron chi connectivity index (χ3n) is 3.44. The Morgan fingerprint density at radius 1 is 1.13 bits per heavy atom. The highest BCUT2D eigenvalue weighted by molar-refractivity contribution is 6.05. The first-order valence-electron chi connectivity index (χ1n) is 6.87. The van der Waals surface area contributed by atoms with Crippen molar-refractivity contribution in [1.82, 2.24) is 4.98 Å². The van der Waals surface area contributed by atoms with Crippen LogP contribution in [0, 0.1) is 5.82 Å². The fourth-order valence-electron chi connectivity index (χ4n) is 2.23. The van der Waals surface area contributed by atoms with Crippen molar-refractivity contribution < 1.29 is 13.6 Å². The Morgan fingerprint density at radius 3 is 2.57 bits per heavy atom. The Kier molecular flexibility index (Phi) is 3.80. The number of carbonyl (C=O) groups excluding carboxylic acids is 1. The molecule has 1 amide bonds. The molecule has 0 aliphatic rings. The quantitative estimate of drug-likeness (QED) is 0.808. The number of nitrogens with one attached hydrogen (secondary N) is 1. The molecule has 0 saturated carbocycles. The minimum atomic E-state index is -0.595. The van der Waals surface area contributed by atoms with E-state index in [1.807, 2.05) is 0 Å². The molecule has 0 aliphatic heterocycles. The number of carbonyl (C=O) groups is 1. The van der Waals surface area contributed by atoms with E-state index in [-0.39, 0.29) is 11.3 Å².